The first-order valence-corrected chi connectivity index (χ1v) is 19.8. The van der Waals surface area contributed by atoms with Crippen molar-refractivity contribution in [3.63, 3.8) is 0 Å². The van der Waals surface area contributed by atoms with Gasteiger partial charge in [0.2, 0.25) is 12.5 Å². The first kappa shape index (κ1) is 46.3. The second-order valence-electron chi connectivity index (χ2n) is 13.7. The number of quaternary nitrogens is 1. The van der Waals surface area contributed by atoms with Gasteiger partial charge >= 0.3 is 5.97 Å². The number of esters is 1. The normalized spacial score (nSPS) is 11.7. The fraction of sp³-hybridized carbons (Fsp3) is 0.949. The molecule has 45 heavy (non-hydrogen) atoms. The molecule has 1 atom stereocenters. The fourth-order valence-corrected chi connectivity index (χ4v) is 6.01. The summed E-state index contributed by atoms with van der Waals surface area (Å²) in [6.07, 6.45) is 38.1. The van der Waals surface area contributed by atoms with Crippen LogP contribution in [0.4, 0.5) is 0 Å². The van der Waals surface area contributed by atoms with Crippen LogP contribution < -0.4 is 22.6 Å². The molecular weight excluding hydrogens is 580 g/mol. The van der Waals surface area contributed by atoms with E-state index in [0.717, 1.165) is 45.3 Å². The van der Waals surface area contributed by atoms with E-state index in [4.69, 9.17) is 4.74 Å². The van der Waals surface area contributed by atoms with Crippen LogP contribution in [0.2, 0.25) is 0 Å². The molecule has 0 aromatic heterocycles. The van der Waals surface area contributed by atoms with Crippen LogP contribution in [0.1, 0.15) is 206 Å². The maximum absolute atomic E-state index is 12.1. The van der Waals surface area contributed by atoms with E-state index in [-0.39, 0.29) is 24.3 Å². The van der Waals surface area contributed by atoms with Gasteiger partial charge in [0.15, 0.2) is 0 Å². The van der Waals surface area contributed by atoms with Gasteiger partial charge in [-0.25, -0.2) is 0 Å². The minimum absolute atomic E-state index is 0. The highest BCUT2D eigenvalue weighted by molar-refractivity contribution is 5.75. The summed E-state index contributed by atoms with van der Waals surface area (Å²) in [5.74, 6) is 0.125. The van der Waals surface area contributed by atoms with Crippen LogP contribution in [0.3, 0.4) is 0 Å². The first-order chi connectivity index (χ1) is 21.6. The molecule has 0 aromatic rings. The van der Waals surface area contributed by atoms with Crippen molar-refractivity contribution in [3.05, 3.63) is 0 Å². The van der Waals surface area contributed by atoms with E-state index in [1.165, 1.54) is 159 Å². The van der Waals surface area contributed by atoms with Gasteiger partial charge in [-0.15, -0.1) is 0 Å². The molecule has 269 valence electrons. The average Bonchev–Trinajstić information content (AvgIpc) is 3.01. The Morgan fingerprint density at radius 1 is 0.533 bits per heavy atom. The summed E-state index contributed by atoms with van der Waals surface area (Å²) < 4.78 is 5.45. The standard InChI is InChI=1S/C39H78N2O3.ClH/c1-4-6-8-10-12-14-16-18-20-22-24-26-28-30-34-40-38(42)32-31-35-41(3)36-37-44-39(43)33-29-27-25-23-21-19-17-15-13-11-9-7-5-2;/h4-37H2,1-3H3,(H,40,42);1H/q+1;. The molecular formula is C39H79ClN2O3+. The molecule has 1 amide bonds. The molecule has 1 radical (unpaired) electrons. The number of amides is 1. The van der Waals surface area contributed by atoms with Crippen molar-refractivity contribution in [2.75, 3.05) is 33.3 Å². The Morgan fingerprint density at radius 2 is 0.911 bits per heavy atom. The zero-order chi connectivity index (χ0) is 32.2. The quantitative estimate of drug-likeness (QED) is 0.0437. The summed E-state index contributed by atoms with van der Waals surface area (Å²) in [7, 11) is 2.12. The number of hydrogen-bond donors (Lipinski definition) is 2. The van der Waals surface area contributed by atoms with Crippen LogP contribution in [0.15, 0.2) is 0 Å². The van der Waals surface area contributed by atoms with Gasteiger partial charge in [0.05, 0.1) is 13.6 Å². The van der Waals surface area contributed by atoms with Crippen LogP contribution in [0.5, 0.6) is 0 Å². The molecule has 0 spiro atoms. The number of carbonyl (C=O) groups is 2. The Bertz CT molecular complexity index is 605. The predicted octanol–water partition coefficient (Wildman–Crippen LogP) is 6.91. The topological polar surface area (TPSA) is 62.7 Å². The largest absolute Gasteiger partial charge is 1.00 e. The van der Waals surface area contributed by atoms with E-state index in [1.807, 2.05) is 0 Å². The molecule has 0 aliphatic heterocycles. The molecule has 0 saturated heterocycles. The van der Waals surface area contributed by atoms with Gasteiger partial charge in [-0.1, -0.05) is 174 Å². The Morgan fingerprint density at radius 3 is 1.33 bits per heavy atom. The number of hydrogen-bond acceptors (Lipinski definition) is 3. The molecule has 0 aliphatic carbocycles. The van der Waals surface area contributed by atoms with Crippen molar-refractivity contribution in [2.24, 2.45) is 0 Å². The van der Waals surface area contributed by atoms with Gasteiger partial charge in [-0.3, -0.25) is 4.79 Å². The fourth-order valence-electron chi connectivity index (χ4n) is 6.01. The lowest BCUT2D eigenvalue weighted by Crippen LogP contribution is -3.09. The molecule has 0 bridgehead atoms. The van der Waals surface area contributed by atoms with Crippen molar-refractivity contribution in [3.8, 4) is 0 Å². The lowest BCUT2D eigenvalue weighted by molar-refractivity contribution is -0.880. The number of unbranched alkanes of at least 4 members (excludes halogenated alkanes) is 25. The molecule has 2 N–H and O–H groups in total. The van der Waals surface area contributed by atoms with E-state index in [0.29, 0.717) is 19.4 Å². The second kappa shape index (κ2) is 39.4. The molecule has 6 heteroatoms. The zero-order valence-corrected chi connectivity index (χ0v) is 31.4. The molecule has 0 aliphatic rings. The molecule has 0 fully saturated rings. The monoisotopic (exact) mass is 659 g/mol. The Labute approximate surface area is 288 Å². The molecule has 1 unspecified atom stereocenters. The highest BCUT2D eigenvalue weighted by Gasteiger charge is 2.17. The van der Waals surface area contributed by atoms with Crippen molar-refractivity contribution in [1.29, 1.82) is 0 Å². The zero-order valence-electron chi connectivity index (χ0n) is 30.6. The predicted molar refractivity (Wildman–Crippen MR) is 190 cm³/mol. The number of carbonyl (C=O) groups excluding carboxylic acids is 2. The third-order valence-corrected chi connectivity index (χ3v) is 9.14. The van der Waals surface area contributed by atoms with Gasteiger partial charge in [-0.05, 0) is 12.8 Å². The lowest BCUT2D eigenvalue weighted by Gasteiger charge is -2.11. The number of halogens is 1. The van der Waals surface area contributed by atoms with Crippen LogP contribution in [-0.4, -0.2) is 45.2 Å². The van der Waals surface area contributed by atoms with Crippen molar-refractivity contribution < 1.29 is 31.6 Å². The van der Waals surface area contributed by atoms with Crippen LogP contribution in [0.25, 0.3) is 0 Å². The number of rotatable bonds is 36. The molecule has 0 saturated carbocycles. The van der Waals surface area contributed by atoms with E-state index < -0.39 is 0 Å². The van der Waals surface area contributed by atoms with Gasteiger partial charge in [0.25, 0.3) is 0 Å². The third kappa shape index (κ3) is 39.3. The number of nitrogens with one attached hydrogen (secondary N) is 2. The molecule has 0 rings (SSSR count). The first-order valence-electron chi connectivity index (χ1n) is 19.8. The smallest absolute Gasteiger partial charge is 0.574 e. The molecule has 5 nitrogen and oxygen atoms in total. The van der Waals surface area contributed by atoms with Crippen LogP contribution in [-0.2, 0) is 14.3 Å². The van der Waals surface area contributed by atoms with Gasteiger partial charge in [-0.2, -0.15) is 0 Å². The summed E-state index contributed by atoms with van der Waals surface area (Å²) in [6, 6.07) is 0. The number of ether oxygens (including phenoxy) is 1. The van der Waals surface area contributed by atoms with E-state index in [2.05, 4.69) is 26.2 Å². The van der Waals surface area contributed by atoms with E-state index >= 15 is 0 Å². The third-order valence-electron chi connectivity index (χ3n) is 9.14. The van der Waals surface area contributed by atoms with Gasteiger partial charge in [0, 0.05) is 24.2 Å². The van der Waals surface area contributed by atoms with Gasteiger partial charge in [0.1, 0.15) is 13.0 Å². The Kier molecular flexibility index (Phi) is 40.5. The van der Waals surface area contributed by atoms with Crippen molar-refractivity contribution in [2.45, 2.75) is 206 Å². The van der Waals surface area contributed by atoms with Crippen LogP contribution in [0, 0.1) is 0 Å². The highest BCUT2D eigenvalue weighted by Crippen LogP contribution is 2.14. The number of likely N-dealkylation sites (N-methyl/N-ethyl adjacent to an activating group) is 1. The average molecular weight is 660 g/mol. The summed E-state index contributed by atoms with van der Waals surface area (Å²) in [4.78, 5) is 25.5. The second-order valence-corrected chi connectivity index (χ2v) is 13.7. The van der Waals surface area contributed by atoms with Gasteiger partial charge < -0.3 is 27.4 Å². The van der Waals surface area contributed by atoms with Crippen molar-refractivity contribution >= 4 is 11.9 Å². The highest BCUT2D eigenvalue weighted by atomic mass is 35.5. The van der Waals surface area contributed by atoms with Crippen molar-refractivity contribution in [1.82, 2.24) is 5.32 Å². The minimum Gasteiger partial charge on any atom is -1.00 e. The maximum Gasteiger partial charge on any atom is 0.574 e. The summed E-state index contributed by atoms with van der Waals surface area (Å²) >= 11 is 0. The van der Waals surface area contributed by atoms with E-state index in [9.17, 15) is 9.59 Å². The summed E-state index contributed by atoms with van der Waals surface area (Å²) in [6.45, 7) is 7.60. The van der Waals surface area contributed by atoms with E-state index in [1.54, 1.807) is 0 Å². The molecule has 0 heterocycles. The van der Waals surface area contributed by atoms with Crippen LogP contribution >= 0.6 is 0 Å². The SMILES string of the molecule is CCCCCCCCCCCCCCCCNC(=O)CCC[NH+](C)CCOC(=[O+])CCCCCCCCCCCCCCC.[Cl-]. The molecule has 0 aromatic carbocycles. The Balaban J connectivity index is 0. The maximum atomic E-state index is 12.1. The Hall–Kier alpha value is -0.810. The summed E-state index contributed by atoms with van der Waals surface area (Å²) in [5.41, 5.74) is 0. The lowest BCUT2D eigenvalue weighted by atomic mass is 10.0. The minimum atomic E-state index is -0.0521. The summed E-state index contributed by atoms with van der Waals surface area (Å²) in [5, 5.41) is 3.09.